The normalized spacial score (nSPS) is 12.1. The van der Waals surface area contributed by atoms with E-state index in [9.17, 15) is 0 Å². The van der Waals surface area contributed by atoms with Gasteiger partial charge in [0.25, 0.3) is 0 Å². The lowest BCUT2D eigenvalue weighted by atomic mass is 10.1. The molecular formula is C12H11BrN4O. The molecule has 1 atom stereocenters. The molecule has 2 aromatic heterocycles. The number of hydrogen-bond acceptors (Lipinski definition) is 5. The lowest BCUT2D eigenvalue weighted by molar-refractivity contribution is 0.355. The monoisotopic (exact) mass is 306 g/mol. The Morgan fingerprint density at radius 1 is 1.50 bits per heavy atom. The van der Waals surface area contributed by atoms with Crippen LogP contribution in [0.2, 0.25) is 0 Å². The van der Waals surface area contributed by atoms with E-state index < -0.39 is 0 Å². The Morgan fingerprint density at radius 3 is 3.00 bits per heavy atom. The minimum atomic E-state index is 0.0846. The predicted molar refractivity (Wildman–Crippen MR) is 68.5 cm³/mol. The zero-order valence-corrected chi connectivity index (χ0v) is 11.4. The molecule has 0 aliphatic rings. The maximum atomic E-state index is 8.54. The second kappa shape index (κ2) is 5.74. The van der Waals surface area contributed by atoms with E-state index in [0.717, 1.165) is 4.47 Å². The summed E-state index contributed by atoms with van der Waals surface area (Å²) in [5, 5.41) is 12.4. The number of nitrogens with zero attached hydrogens (tertiary/aromatic N) is 4. The largest absolute Gasteiger partial charge is 0.339 e. The number of rotatable bonds is 4. The van der Waals surface area contributed by atoms with Crippen LogP contribution in [0.5, 0.6) is 0 Å². The smallest absolute Gasteiger partial charge is 0.229 e. The highest BCUT2D eigenvalue weighted by Crippen LogP contribution is 2.22. The van der Waals surface area contributed by atoms with E-state index in [0.29, 0.717) is 30.3 Å². The van der Waals surface area contributed by atoms with Crippen LogP contribution in [0, 0.1) is 11.3 Å². The van der Waals surface area contributed by atoms with Gasteiger partial charge in [-0.05, 0) is 34.5 Å². The van der Waals surface area contributed by atoms with Gasteiger partial charge in [-0.2, -0.15) is 10.2 Å². The molecule has 0 saturated carbocycles. The van der Waals surface area contributed by atoms with Crippen LogP contribution >= 0.6 is 15.9 Å². The van der Waals surface area contributed by atoms with E-state index >= 15 is 0 Å². The van der Waals surface area contributed by atoms with Crippen molar-refractivity contribution in [1.29, 1.82) is 5.26 Å². The molecule has 0 radical (unpaired) electrons. The second-order valence-electron chi connectivity index (χ2n) is 3.92. The summed E-state index contributed by atoms with van der Waals surface area (Å²) < 4.78 is 6.09. The fraction of sp³-hybridized carbons (Fsp3) is 0.333. The van der Waals surface area contributed by atoms with Crippen molar-refractivity contribution in [3.05, 3.63) is 28.7 Å². The molecule has 0 bridgehead atoms. The molecule has 92 valence electrons. The summed E-state index contributed by atoms with van der Waals surface area (Å²) >= 11 is 3.32. The molecule has 2 rings (SSSR count). The van der Waals surface area contributed by atoms with Gasteiger partial charge in [0.1, 0.15) is 5.69 Å². The average molecular weight is 307 g/mol. The first-order valence-corrected chi connectivity index (χ1v) is 6.32. The highest BCUT2D eigenvalue weighted by atomic mass is 79.9. The quantitative estimate of drug-likeness (QED) is 0.866. The van der Waals surface area contributed by atoms with Gasteiger partial charge in [-0.25, -0.2) is 0 Å². The Labute approximate surface area is 113 Å². The fourth-order valence-electron chi connectivity index (χ4n) is 1.45. The topological polar surface area (TPSA) is 75.6 Å². The first-order valence-electron chi connectivity index (χ1n) is 5.53. The average Bonchev–Trinajstić information content (AvgIpc) is 2.86. The van der Waals surface area contributed by atoms with Crippen LogP contribution < -0.4 is 0 Å². The molecule has 1 unspecified atom stereocenters. The molecule has 2 heterocycles. The van der Waals surface area contributed by atoms with Crippen molar-refractivity contribution in [1.82, 2.24) is 15.1 Å². The molecule has 0 saturated heterocycles. The van der Waals surface area contributed by atoms with Crippen LogP contribution in [0.25, 0.3) is 11.5 Å². The fourth-order valence-corrected chi connectivity index (χ4v) is 1.69. The molecule has 5 nitrogen and oxygen atoms in total. The molecule has 0 aliphatic carbocycles. The minimum absolute atomic E-state index is 0.0846. The lowest BCUT2D eigenvalue weighted by Crippen LogP contribution is -1.93. The molecule has 0 spiro atoms. The SMILES string of the molecule is CC(CCC#N)c1nc(-c2ccc(Br)cn2)no1. The zero-order valence-electron chi connectivity index (χ0n) is 9.80. The van der Waals surface area contributed by atoms with Crippen molar-refractivity contribution in [2.24, 2.45) is 0 Å². The van der Waals surface area contributed by atoms with Crippen molar-refractivity contribution in [3.8, 4) is 17.6 Å². The summed E-state index contributed by atoms with van der Waals surface area (Å²) in [6, 6.07) is 5.80. The zero-order chi connectivity index (χ0) is 13.0. The van der Waals surface area contributed by atoms with Gasteiger partial charge in [0, 0.05) is 23.0 Å². The molecule has 18 heavy (non-hydrogen) atoms. The van der Waals surface area contributed by atoms with Gasteiger partial charge < -0.3 is 4.52 Å². The first-order chi connectivity index (χ1) is 8.70. The molecular weight excluding hydrogens is 296 g/mol. The number of hydrogen-bond donors (Lipinski definition) is 0. The minimum Gasteiger partial charge on any atom is -0.339 e. The van der Waals surface area contributed by atoms with Crippen molar-refractivity contribution >= 4 is 15.9 Å². The number of nitriles is 1. The second-order valence-corrected chi connectivity index (χ2v) is 4.83. The predicted octanol–water partition coefficient (Wildman–Crippen LogP) is 3.30. The number of halogens is 1. The van der Waals surface area contributed by atoms with E-state index in [1.165, 1.54) is 0 Å². The van der Waals surface area contributed by atoms with Crippen molar-refractivity contribution in [3.63, 3.8) is 0 Å². The molecule has 0 aromatic carbocycles. The number of aromatic nitrogens is 3. The summed E-state index contributed by atoms with van der Waals surface area (Å²) in [5.41, 5.74) is 0.667. The Balaban J connectivity index is 2.15. The van der Waals surface area contributed by atoms with E-state index in [-0.39, 0.29) is 5.92 Å². The van der Waals surface area contributed by atoms with Crippen LogP contribution in [0.4, 0.5) is 0 Å². The standard InChI is InChI=1S/C12H11BrN4O/c1-8(3-2-6-14)12-16-11(17-18-12)10-5-4-9(13)7-15-10/h4-5,7-8H,2-3H2,1H3. The summed E-state index contributed by atoms with van der Waals surface area (Å²) in [6.45, 7) is 1.96. The van der Waals surface area contributed by atoms with Crippen LogP contribution in [-0.2, 0) is 0 Å². The number of pyridine rings is 1. The third-order valence-electron chi connectivity index (χ3n) is 2.51. The molecule has 0 N–H and O–H groups in total. The Morgan fingerprint density at radius 2 is 2.33 bits per heavy atom. The molecule has 0 amide bonds. The summed E-state index contributed by atoms with van der Waals surface area (Å²) in [5.74, 6) is 1.10. The summed E-state index contributed by atoms with van der Waals surface area (Å²) in [6.07, 6.45) is 2.88. The van der Waals surface area contributed by atoms with E-state index in [2.05, 4.69) is 37.1 Å². The molecule has 0 aliphatic heterocycles. The van der Waals surface area contributed by atoms with Crippen LogP contribution in [0.3, 0.4) is 0 Å². The third-order valence-corrected chi connectivity index (χ3v) is 2.98. The maximum absolute atomic E-state index is 8.54. The van der Waals surface area contributed by atoms with Crippen molar-refractivity contribution in [2.75, 3.05) is 0 Å². The Bertz CT molecular complexity index is 558. The van der Waals surface area contributed by atoms with Gasteiger partial charge in [0.2, 0.25) is 11.7 Å². The highest BCUT2D eigenvalue weighted by Gasteiger charge is 2.15. The Kier molecular flexibility index (Phi) is 4.05. The van der Waals surface area contributed by atoms with Gasteiger partial charge >= 0.3 is 0 Å². The van der Waals surface area contributed by atoms with E-state index in [4.69, 9.17) is 9.78 Å². The molecule has 2 aromatic rings. The summed E-state index contributed by atoms with van der Waals surface area (Å²) in [4.78, 5) is 8.50. The van der Waals surface area contributed by atoms with E-state index in [1.54, 1.807) is 6.20 Å². The highest BCUT2D eigenvalue weighted by molar-refractivity contribution is 9.10. The van der Waals surface area contributed by atoms with Crippen molar-refractivity contribution in [2.45, 2.75) is 25.7 Å². The van der Waals surface area contributed by atoms with Crippen molar-refractivity contribution < 1.29 is 4.52 Å². The molecule has 0 fully saturated rings. The third kappa shape index (κ3) is 2.93. The van der Waals surface area contributed by atoms with Gasteiger partial charge in [-0.1, -0.05) is 12.1 Å². The van der Waals surface area contributed by atoms with Crippen LogP contribution in [0.15, 0.2) is 27.3 Å². The van der Waals surface area contributed by atoms with Gasteiger partial charge in [0.15, 0.2) is 0 Å². The van der Waals surface area contributed by atoms with Crippen LogP contribution in [0.1, 0.15) is 31.6 Å². The maximum Gasteiger partial charge on any atom is 0.229 e. The Hall–Kier alpha value is -1.74. The van der Waals surface area contributed by atoms with Crippen LogP contribution in [-0.4, -0.2) is 15.1 Å². The summed E-state index contributed by atoms with van der Waals surface area (Å²) in [7, 11) is 0. The van der Waals surface area contributed by atoms with Gasteiger partial charge in [-0.3, -0.25) is 4.98 Å². The van der Waals surface area contributed by atoms with E-state index in [1.807, 2.05) is 19.1 Å². The first kappa shape index (κ1) is 12.7. The van der Waals surface area contributed by atoms with Gasteiger partial charge in [-0.15, -0.1) is 0 Å². The van der Waals surface area contributed by atoms with Gasteiger partial charge in [0.05, 0.1) is 6.07 Å². The molecule has 6 heteroatoms. The lowest BCUT2D eigenvalue weighted by Gasteiger charge is -2.00.